The van der Waals surface area contributed by atoms with Gasteiger partial charge in [-0.2, -0.15) is 5.10 Å². The van der Waals surface area contributed by atoms with Crippen LogP contribution in [0, 0.1) is 13.8 Å². The second-order valence-corrected chi connectivity index (χ2v) is 8.23. The summed E-state index contributed by atoms with van der Waals surface area (Å²) in [6.07, 6.45) is 1.39. The molecule has 0 fully saturated rings. The first kappa shape index (κ1) is 25.1. The number of ether oxygens (including phenoxy) is 2. The van der Waals surface area contributed by atoms with Gasteiger partial charge >= 0.3 is 11.8 Å². The molecule has 2 amide bonds. The number of nitrogens with one attached hydrogen (secondary N) is 2. The number of amides is 2. The molecule has 0 aromatic heterocycles. The molecular formula is C25H23Cl2N3O4. The number of halogens is 2. The van der Waals surface area contributed by atoms with Gasteiger partial charge < -0.3 is 14.8 Å². The topological polar surface area (TPSA) is 89.0 Å². The van der Waals surface area contributed by atoms with E-state index in [0.29, 0.717) is 32.8 Å². The van der Waals surface area contributed by atoms with Gasteiger partial charge in [-0.3, -0.25) is 9.59 Å². The maximum atomic E-state index is 12.1. The molecule has 0 heterocycles. The third kappa shape index (κ3) is 6.73. The summed E-state index contributed by atoms with van der Waals surface area (Å²) in [5.74, 6) is -0.737. The van der Waals surface area contributed by atoms with Gasteiger partial charge in [0.05, 0.1) is 13.3 Å². The number of benzene rings is 3. The van der Waals surface area contributed by atoms with E-state index in [2.05, 4.69) is 15.8 Å². The Kier molecular flexibility index (Phi) is 8.51. The highest BCUT2D eigenvalue weighted by molar-refractivity contribution is 6.39. The normalized spacial score (nSPS) is 10.7. The average Bonchev–Trinajstić information content (AvgIpc) is 2.81. The molecule has 0 radical (unpaired) electrons. The van der Waals surface area contributed by atoms with E-state index in [9.17, 15) is 9.59 Å². The van der Waals surface area contributed by atoms with Crippen molar-refractivity contribution in [1.82, 2.24) is 5.43 Å². The molecule has 3 aromatic rings. The molecule has 0 aliphatic heterocycles. The van der Waals surface area contributed by atoms with Crippen molar-refractivity contribution in [1.29, 1.82) is 0 Å². The van der Waals surface area contributed by atoms with Gasteiger partial charge in [0, 0.05) is 21.3 Å². The summed E-state index contributed by atoms with van der Waals surface area (Å²) in [4.78, 5) is 24.1. The lowest BCUT2D eigenvalue weighted by Crippen LogP contribution is -2.32. The monoisotopic (exact) mass is 499 g/mol. The molecule has 0 spiro atoms. The molecular weight excluding hydrogens is 477 g/mol. The number of anilines is 1. The molecule has 0 unspecified atom stereocenters. The van der Waals surface area contributed by atoms with Gasteiger partial charge in [0.1, 0.15) is 6.61 Å². The van der Waals surface area contributed by atoms with Crippen LogP contribution in [-0.2, 0) is 16.2 Å². The molecule has 34 heavy (non-hydrogen) atoms. The summed E-state index contributed by atoms with van der Waals surface area (Å²) < 4.78 is 11.2. The number of hydrogen-bond acceptors (Lipinski definition) is 5. The fourth-order valence-electron chi connectivity index (χ4n) is 2.90. The SMILES string of the molecule is COc1cc(/C=N/NC(=O)C(=O)Nc2ccc(C)c(C)c2)ccc1OCc1ccc(Cl)cc1Cl. The van der Waals surface area contributed by atoms with Gasteiger partial charge in [-0.15, -0.1) is 0 Å². The summed E-state index contributed by atoms with van der Waals surface area (Å²) in [5, 5.41) is 7.44. The lowest BCUT2D eigenvalue weighted by molar-refractivity contribution is -0.136. The van der Waals surface area contributed by atoms with Gasteiger partial charge in [0.25, 0.3) is 0 Å². The van der Waals surface area contributed by atoms with E-state index in [-0.39, 0.29) is 6.61 Å². The first-order valence-corrected chi connectivity index (χ1v) is 11.0. The van der Waals surface area contributed by atoms with Crippen LogP contribution in [0.25, 0.3) is 0 Å². The predicted molar refractivity (Wildman–Crippen MR) is 134 cm³/mol. The molecule has 7 nitrogen and oxygen atoms in total. The van der Waals surface area contributed by atoms with Gasteiger partial charge in [-0.1, -0.05) is 35.3 Å². The van der Waals surface area contributed by atoms with Crippen molar-refractivity contribution < 1.29 is 19.1 Å². The fourth-order valence-corrected chi connectivity index (χ4v) is 3.36. The molecule has 0 saturated carbocycles. The third-order valence-electron chi connectivity index (χ3n) is 4.94. The first-order chi connectivity index (χ1) is 16.3. The summed E-state index contributed by atoms with van der Waals surface area (Å²) >= 11 is 12.1. The highest BCUT2D eigenvalue weighted by Crippen LogP contribution is 2.29. The molecule has 0 aliphatic carbocycles. The van der Waals surface area contributed by atoms with Crippen LogP contribution in [0.4, 0.5) is 5.69 Å². The largest absolute Gasteiger partial charge is 0.493 e. The van der Waals surface area contributed by atoms with E-state index in [1.54, 1.807) is 48.5 Å². The number of rotatable bonds is 7. The van der Waals surface area contributed by atoms with E-state index in [4.69, 9.17) is 32.7 Å². The van der Waals surface area contributed by atoms with Crippen LogP contribution in [0.2, 0.25) is 10.0 Å². The number of aryl methyl sites for hydroxylation is 2. The molecule has 0 aliphatic rings. The Morgan fingerprint density at radius 1 is 0.941 bits per heavy atom. The fraction of sp³-hybridized carbons (Fsp3) is 0.160. The van der Waals surface area contributed by atoms with Crippen LogP contribution < -0.4 is 20.2 Å². The second-order valence-electron chi connectivity index (χ2n) is 7.39. The minimum Gasteiger partial charge on any atom is -0.493 e. The van der Waals surface area contributed by atoms with Crippen LogP contribution in [0.3, 0.4) is 0 Å². The molecule has 2 N–H and O–H groups in total. The van der Waals surface area contributed by atoms with Gasteiger partial charge in [-0.05, 0) is 73.0 Å². The smallest absolute Gasteiger partial charge is 0.329 e. The number of carbonyl (C=O) groups excluding carboxylic acids is 2. The summed E-state index contributed by atoms with van der Waals surface area (Å²) in [6.45, 7) is 4.11. The number of hydrogen-bond donors (Lipinski definition) is 2. The van der Waals surface area contributed by atoms with Crippen LogP contribution in [0.5, 0.6) is 11.5 Å². The van der Waals surface area contributed by atoms with E-state index >= 15 is 0 Å². The lowest BCUT2D eigenvalue weighted by Gasteiger charge is -2.12. The molecule has 176 valence electrons. The quantitative estimate of drug-likeness (QED) is 0.262. The van der Waals surface area contributed by atoms with Crippen molar-refractivity contribution >= 4 is 46.9 Å². The van der Waals surface area contributed by atoms with Crippen molar-refractivity contribution in [3.8, 4) is 11.5 Å². The van der Waals surface area contributed by atoms with Gasteiger partial charge in [0.15, 0.2) is 11.5 Å². The highest BCUT2D eigenvalue weighted by atomic mass is 35.5. The molecule has 0 atom stereocenters. The van der Waals surface area contributed by atoms with E-state index in [1.165, 1.54) is 13.3 Å². The number of carbonyl (C=O) groups is 2. The Balaban J connectivity index is 1.58. The van der Waals surface area contributed by atoms with Crippen molar-refractivity contribution in [3.05, 3.63) is 86.9 Å². The first-order valence-electron chi connectivity index (χ1n) is 10.2. The van der Waals surface area contributed by atoms with E-state index < -0.39 is 11.8 Å². The Morgan fingerprint density at radius 3 is 2.44 bits per heavy atom. The van der Waals surface area contributed by atoms with Gasteiger partial charge in [0.2, 0.25) is 0 Å². The zero-order valence-electron chi connectivity index (χ0n) is 18.8. The second kappa shape index (κ2) is 11.5. The minimum atomic E-state index is -0.888. The Morgan fingerprint density at radius 2 is 1.74 bits per heavy atom. The van der Waals surface area contributed by atoms with Crippen molar-refractivity contribution in [2.24, 2.45) is 5.10 Å². The minimum absolute atomic E-state index is 0.228. The van der Waals surface area contributed by atoms with Crippen LogP contribution in [0.1, 0.15) is 22.3 Å². The number of methoxy groups -OCH3 is 1. The Bertz CT molecular complexity index is 1240. The lowest BCUT2D eigenvalue weighted by atomic mass is 10.1. The molecule has 3 rings (SSSR count). The molecule has 3 aromatic carbocycles. The standard InChI is InChI=1S/C25H23Cl2N3O4/c1-15-4-8-20(10-16(15)2)29-24(31)25(32)30-28-13-17-5-9-22(23(11-17)33-3)34-14-18-6-7-19(26)12-21(18)27/h4-13H,14H2,1-3H3,(H,29,31)(H,30,32)/b28-13+. The zero-order chi connectivity index (χ0) is 24.7. The van der Waals surface area contributed by atoms with Gasteiger partial charge in [-0.25, -0.2) is 5.43 Å². The average molecular weight is 500 g/mol. The number of nitrogens with zero attached hydrogens (tertiary/aromatic N) is 1. The molecule has 0 bridgehead atoms. The van der Waals surface area contributed by atoms with Crippen molar-refractivity contribution in [3.63, 3.8) is 0 Å². The maximum Gasteiger partial charge on any atom is 0.329 e. The Hall–Kier alpha value is -3.55. The van der Waals surface area contributed by atoms with Crippen LogP contribution in [-0.4, -0.2) is 25.1 Å². The summed E-state index contributed by atoms with van der Waals surface area (Å²) in [5.41, 5.74) is 6.25. The third-order valence-corrected chi connectivity index (χ3v) is 5.52. The van der Waals surface area contributed by atoms with Crippen LogP contribution in [0.15, 0.2) is 59.7 Å². The Labute approximate surface area is 207 Å². The van der Waals surface area contributed by atoms with E-state index in [1.807, 2.05) is 19.9 Å². The van der Waals surface area contributed by atoms with Crippen LogP contribution >= 0.6 is 23.2 Å². The van der Waals surface area contributed by atoms with Crippen molar-refractivity contribution in [2.45, 2.75) is 20.5 Å². The summed E-state index contributed by atoms with van der Waals surface area (Å²) in [6, 6.07) is 15.7. The predicted octanol–water partition coefficient (Wildman–Crippen LogP) is 5.29. The summed E-state index contributed by atoms with van der Waals surface area (Å²) in [7, 11) is 1.51. The molecule has 9 heteroatoms. The molecule has 0 saturated heterocycles. The number of hydrazone groups is 1. The zero-order valence-corrected chi connectivity index (χ0v) is 20.3. The van der Waals surface area contributed by atoms with Crippen molar-refractivity contribution in [2.75, 3.05) is 12.4 Å². The highest BCUT2D eigenvalue weighted by Gasteiger charge is 2.13. The maximum absolute atomic E-state index is 12.1. The van der Waals surface area contributed by atoms with E-state index in [0.717, 1.165) is 16.7 Å².